The van der Waals surface area contributed by atoms with E-state index in [-0.39, 0.29) is 24.1 Å². The normalized spacial score (nSPS) is 11.9. The fourth-order valence-electron chi connectivity index (χ4n) is 2.69. The second-order valence-electron chi connectivity index (χ2n) is 5.87. The molecule has 0 saturated carbocycles. The largest absolute Gasteiger partial charge is 0.383 e. The van der Waals surface area contributed by atoms with Gasteiger partial charge in [0.25, 0.3) is 5.56 Å². The lowest BCUT2D eigenvalue weighted by Crippen LogP contribution is -2.34. The molecule has 0 fully saturated rings. The first-order valence-electron chi connectivity index (χ1n) is 8.04. The maximum atomic E-state index is 12.2. The van der Waals surface area contributed by atoms with E-state index < -0.39 is 11.2 Å². The van der Waals surface area contributed by atoms with Crippen molar-refractivity contribution < 1.29 is 0 Å². The molecule has 3 rings (SSSR count). The third-order valence-electron chi connectivity index (χ3n) is 4.08. The number of nitrogens with two attached hydrogens (primary N) is 1. The van der Waals surface area contributed by atoms with Gasteiger partial charge in [-0.3, -0.25) is 14.3 Å². The minimum atomic E-state index is -0.524. The summed E-state index contributed by atoms with van der Waals surface area (Å²) in [7, 11) is 0. The zero-order valence-electron chi connectivity index (χ0n) is 13.9. The molecule has 2 aromatic carbocycles. The van der Waals surface area contributed by atoms with Crippen LogP contribution in [0.3, 0.4) is 0 Å². The molecule has 1 atom stereocenters. The van der Waals surface area contributed by atoms with Gasteiger partial charge < -0.3 is 11.1 Å². The lowest BCUT2D eigenvalue weighted by Gasteiger charge is -2.18. The van der Waals surface area contributed by atoms with Crippen molar-refractivity contribution in [3.05, 3.63) is 92.6 Å². The van der Waals surface area contributed by atoms with E-state index in [1.54, 1.807) is 0 Å². The van der Waals surface area contributed by atoms with Gasteiger partial charge in [0.05, 0.1) is 6.54 Å². The molecule has 25 heavy (non-hydrogen) atoms. The van der Waals surface area contributed by atoms with Crippen molar-refractivity contribution in [3.8, 4) is 0 Å². The van der Waals surface area contributed by atoms with Crippen molar-refractivity contribution in [1.29, 1.82) is 0 Å². The third kappa shape index (κ3) is 3.63. The van der Waals surface area contributed by atoms with Crippen molar-refractivity contribution in [3.63, 3.8) is 0 Å². The van der Waals surface area contributed by atoms with E-state index in [1.165, 1.54) is 4.57 Å². The van der Waals surface area contributed by atoms with Crippen LogP contribution in [0, 0.1) is 0 Å². The van der Waals surface area contributed by atoms with Crippen LogP contribution in [0.15, 0.2) is 70.3 Å². The van der Waals surface area contributed by atoms with Gasteiger partial charge in [0.2, 0.25) is 0 Å². The monoisotopic (exact) mass is 336 g/mol. The van der Waals surface area contributed by atoms with Crippen molar-refractivity contribution in [2.45, 2.75) is 19.5 Å². The van der Waals surface area contributed by atoms with Gasteiger partial charge in [-0.1, -0.05) is 60.7 Å². The first kappa shape index (κ1) is 16.6. The van der Waals surface area contributed by atoms with Crippen LogP contribution in [0.1, 0.15) is 24.1 Å². The first-order chi connectivity index (χ1) is 12.1. The molecule has 6 heteroatoms. The number of anilines is 2. The van der Waals surface area contributed by atoms with Gasteiger partial charge in [0.1, 0.15) is 11.5 Å². The second-order valence-corrected chi connectivity index (χ2v) is 5.87. The quantitative estimate of drug-likeness (QED) is 0.667. The summed E-state index contributed by atoms with van der Waals surface area (Å²) < 4.78 is 1.36. The Bertz CT molecular complexity index is 962. The number of hydrogen-bond donors (Lipinski definition) is 3. The summed E-state index contributed by atoms with van der Waals surface area (Å²) in [6, 6.07) is 19.0. The van der Waals surface area contributed by atoms with E-state index in [0.29, 0.717) is 0 Å². The molecule has 1 aromatic heterocycles. The minimum Gasteiger partial charge on any atom is -0.383 e. The molecule has 0 saturated heterocycles. The Kier molecular flexibility index (Phi) is 4.70. The van der Waals surface area contributed by atoms with Crippen LogP contribution >= 0.6 is 0 Å². The molecule has 4 N–H and O–H groups in total. The van der Waals surface area contributed by atoms with Crippen molar-refractivity contribution in [2.24, 2.45) is 0 Å². The van der Waals surface area contributed by atoms with Crippen molar-refractivity contribution >= 4 is 11.5 Å². The first-order valence-corrected chi connectivity index (χ1v) is 8.04. The van der Waals surface area contributed by atoms with Gasteiger partial charge in [-0.05, 0) is 18.1 Å². The van der Waals surface area contributed by atoms with E-state index >= 15 is 0 Å². The third-order valence-corrected chi connectivity index (χ3v) is 4.08. The number of nitrogens with zero attached hydrogens (tertiary/aromatic N) is 1. The Morgan fingerprint density at radius 1 is 1.04 bits per heavy atom. The highest BCUT2D eigenvalue weighted by atomic mass is 16.2. The molecule has 0 aliphatic rings. The molecule has 0 amide bonds. The Balaban J connectivity index is 1.96. The molecule has 0 aliphatic heterocycles. The zero-order valence-corrected chi connectivity index (χ0v) is 13.9. The fraction of sp³-hybridized carbons (Fsp3) is 0.158. The van der Waals surface area contributed by atoms with E-state index in [4.69, 9.17) is 5.73 Å². The molecule has 0 aliphatic carbocycles. The van der Waals surface area contributed by atoms with Crippen LogP contribution in [0.25, 0.3) is 0 Å². The summed E-state index contributed by atoms with van der Waals surface area (Å²) in [6.45, 7) is 2.22. The Hall–Kier alpha value is -3.28. The molecule has 0 bridgehead atoms. The molecule has 128 valence electrons. The number of aromatic amines is 1. The van der Waals surface area contributed by atoms with E-state index in [1.807, 2.05) is 67.6 Å². The molecule has 1 unspecified atom stereocenters. The standard InChI is InChI=1S/C19H20N4O2/c1-13(15-10-6-3-7-11-15)21-16-17(20)23(19(25)22-18(16)24)12-14-8-4-2-5-9-14/h2-11,13,21H,12,20H2,1H3,(H,22,24,25). The van der Waals surface area contributed by atoms with Gasteiger partial charge in [0, 0.05) is 6.04 Å². The highest BCUT2D eigenvalue weighted by Crippen LogP contribution is 2.20. The maximum Gasteiger partial charge on any atom is 0.330 e. The van der Waals surface area contributed by atoms with Gasteiger partial charge in [0.15, 0.2) is 0 Å². The SMILES string of the molecule is CC(Nc1c(N)n(Cc2ccccc2)c(=O)[nH]c1=O)c1ccccc1. The predicted octanol–water partition coefficient (Wildman–Crippen LogP) is 2.34. The number of hydrogen-bond acceptors (Lipinski definition) is 4. The van der Waals surface area contributed by atoms with Gasteiger partial charge >= 0.3 is 5.69 Å². The van der Waals surface area contributed by atoms with Gasteiger partial charge in [-0.25, -0.2) is 4.79 Å². The van der Waals surface area contributed by atoms with Crippen LogP contribution < -0.4 is 22.3 Å². The Morgan fingerprint density at radius 3 is 2.28 bits per heavy atom. The van der Waals surface area contributed by atoms with Crippen molar-refractivity contribution in [2.75, 3.05) is 11.1 Å². The molecular weight excluding hydrogens is 316 g/mol. The highest BCUT2D eigenvalue weighted by molar-refractivity contribution is 5.61. The summed E-state index contributed by atoms with van der Waals surface area (Å²) in [4.78, 5) is 26.7. The lowest BCUT2D eigenvalue weighted by molar-refractivity contribution is 0.730. The molecule has 3 aromatic rings. The van der Waals surface area contributed by atoms with Crippen LogP contribution in [-0.4, -0.2) is 9.55 Å². The smallest absolute Gasteiger partial charge is 0.330 e. The number of H-pyrrole nitrogens is 1. The molecule has 1 heterocycles. The summed E-state index contributed by atoms with van der Waals surface area (Å²) in [5, 5.41) is 3.12. The number of rotatable bonds is 5. The number of aromatic nitrogens is 2. The topological polar surface area (TPSA) is 92.9 Å². The Labute approximate surface area is 145 Å². The fourth-order valence-corrected chi connectivity index (χ4v) is 2.69. The molecule has 6 nitrogen and oxygen atoms in total. The van der Waals surface area contributed by atoms with Crippen LogP contribution in [0.4, 0.5) is 11.5 Å². The van der Waals surface area contributed by atoms with E-state index in [2.05, 4.69) is 10.3 Å². The summed E-state index contributed by atoms with van der Waals surface area (Å²) in [5.41, 5.74) is 7.24. The maximum absolute atomic E-state index is 12.2. The molecule has 0 radical (unpaired) electrons. The predicted molar refractivity (Wildman–Crippen MR) is 99.8 cm³/mol. The summed E-state index contributed by atoms with van der Waals surface area (Å²) in [6.07, 6.45) is 0. The Morgan fingerprint density at radius 2 is 1.64 bits per heavy atom. The summed E-state index contributed by atoms with van der Waals surface area (Å²) >= 11 is 0. The second kappa shape index (κ2) is 7.09. The highest BCUT2D eigenvalue weighted by Gasteiger charge is 2.15. The molecule has 0 spiro atoms. The number of nitrogen functional groups attached to an aromatic ring is 1. The van der Waals surface area contributed by atoms with Crippen LogP contribution in [0.2, 0.25) is 0 Å². The lowest BCUT2D eigenvalue weighted by atomic mass is 10.1. The average Bonchev–Trinajstić information content (AvgIpc) is 2.63. The van der Waals surface area contributed by atoms with Crippen LogP contribution in [0.5, 0.6) is 0 Å². The summed E-state index contributed by atoms with van der Waals surface area (Å²) in [5.74, 6) is 0.125. The van der Waals surface area contributed by atoms with E-state index in [9.17, 15) is 9.59 Å². The number of benzene rings is 2. The minimum absolute atomic E-state index is 0.125. The zero-order chi connectivity index (χ0) is 17.8. The van der Waals surface area contributed by atoms with Gasteiger partial charge in [-0.15, -0.1) is 0 Å². The average molecular weight is 336 g/mol. The molecular formula is C19H20N4O2. The van der Waals surface area contributed by atoms with E-state index in [0.717, 1.165) is 11.1 Å². The van der Waals surface area contributed by atoms with Gasteiger partial charge in [-0.2, -0.15) is 0 Å². The number of nitrogens with one attached hydrogen (secondary N) is 2. The van der Waals surface area contributed by atoms with Crippen LogP contribution in [-0.2, 0) is 6.54 Å². The van der Waals surface area contributed by atoms with Crippen molar-refractivity contribution in [1.82, 2.24) is 9.55 Å².